The smallest absolute Gasteiger partial charge is 0.264 e. The molecule has 40 heavy (non-hydrogen) atoms. The Morgan fingerprint density at radius 2 is 1.52 bits per heavy atom. The molecule has 0 aromatic heterocycles. The zero-order chi connectivity index (χ0) is 29.5. The molecule has 0 saturated carbocycles. The number of anilines is 1. The van der Waals surface area contributed by atoms with Crippen LogP contribution in [0, 0.1) is 6.92 Å². The molecule has 0 heterocycles. The number of hydrogen-bond donors (Lipinski definition) is 1. The van der Waals surface area contributed by atoms with Gasteiger partial charge >= 0.3 is 0 Å². The molecule has 9 heteroatoms. The third-order valence-electron chi connectivity index (χ3n) is 6.40. The van der Waals surface area contributed by atoms with Gasteiger partial charge in [-0.15, -0.1) is 0 Å². The number of aryl methyl sites for hydroxylation is 1. The summed E-state index contributed by atoms with van der Waals surface area (Å²) in [6, 6.07) is 21.8. The molecule has 0 aliphatic carbocycles. The summed E-state index contributed by atoms with van der Waals surface area (Å²) in [6.07, 6.45) is 0.509. The predicted octanol–water partition coefficient (Wildman–Crippen LogP) is 4.57. The van der Waals surface area contributed by atoms with Gasteiger partial charge in [-0.25, -0.2) is 8.42 Å². The first-order valence-electron chi connectivity index (χ1n) is 13.2. The van der Waals surface area contributed by atoms with Crippen LogP contribution in [0.4, 0.5) is 5.69 Å². The first-order valence-corrected chi connectivity index (χ1v) is 14.6. The van der Waals surface area contributed by atoms with Gasteiger partial charge in [0.15, 0.2) is 0 Å². The van der Waals surface area contributed by atoms with Crippen LogP contribution in [0.2, 0.25) is 0 Å². The summed E-state index contributed by atoms with van der Waals surface area (Å²) in [4.78, 5) is 28.5. The molecule has 0 radical (unpaired) electrons. The SMILES string of the molecule is COc1ccc(S(=O)(=O)N(CC(=O)N(CCc2ccccc2)[C@H](C)C(=O)NC(C)(C)C)c2ccc(C)cc2)cc1. The Hall–Kier alpha value is -3.85. The van der Waals surface area contributed by atoms with E-state index in [1.165, 1.54) is 24.1 Å². The van der Waals surface area contributed by atoms with Crippen LogP contribution in [-0.2, 0) is 26.0 Å². The normalized spacial score (nSPS) is 12.3. The van der Waals surface area contributed by atoms with Crippen LogP contribution in [0.1, 0.15) is 38.8 Å². The molecule has 0 aliphatic rings. The number of sulfonamides is 1. The number of ether oxygens (including phenoxy) is 1. The molecule has 3 aromatic rings. The largest absolute Gasteiger partial charge is 0.497 e. The molecule has 0 aliphatic heterocycles. The van der Waals surface area contributed by atoms with Crippen LogP contribution < -0.4 is 14.4 Å². The molecule has 0 bridgehead atoms. The fourth-order valence-electron chi connectivity index (χ4n) is 4.16. The molecule has 8 nitrogen and oxygen atoms in total. The highest BCUT2D eigenvalue weighted by Crippen LogP contribution is 2.26. The van der Waals surface area contributed by atoms with E-state index in [0.29, 0.717) is 17.9 Å². The average molecular weight is 566 g/mol. The maximum atomic E-state index is 13.9. The topological polar surface area (TPSA) is 96.0 Å². The van der Waals surface area contributed by atoms with Crippen LogP contribution in [0.3, 0.4) is 0 Å². The van der Waals surface area contributed by atoms with Gasteiger partial charge in [0.05, 0.1) is 17.7 Å². The summed E-state index contributed by atoms with van der Waals surface area (Å²) in [7, 11) is -2.63. The Balaban J connectivity index is 1.98. The molecule has 2 amide bonds. The van der Waals surface area contributed by atoms with E-state index in [-0.39, 0.29) is 17.3 Å². The van der Waals surface area contributed by atoms with Crippen LogP contribution in [0.25, 0.3) is 0 Å². The molecule has 0 spiro atoms. The van der Waals surface area contributed by atoms with E-state index in [4.69, 9.17) is 4.74 Å². The number of amides is 2. The van der Waals surface area contributed by atoms with Gasteiger partial charge in [0, 0.05) is 12.1 Å². The third kappa shape index (κ3) is 8.08. The highest BCUT2D eigenvalue weighted by Gasteiger charge is 2.33. The summed E-state index contributed by atoms with van der Waals surface area (Å²) < 4.78 is 34.0. The zero-order valence-electron chi connectivity index (χ0n) is 24.0. The van der Waals surface area contributed by atoms with E-state index < -0.39 is 34.1 Å². The highest BCUT2D eigenvalue weighted by atomic mass is 32.2. The van der Waals surface area contributed by atoms with E-state index in [0.717, 1.165) is 15.4 Å². The number of carbonyl (C=O) groups excluding carboxylic acids is 2. The Morgan fingerprint density at radius 1 is 0.925 bits per heavy atom. The van der Waals surface area contributed by atoms with Crippen molar-refractivity contribution in [2.75, 3.05) is 24.5 Å². The molecule has 0 saturated heterocycles. The maximum Gasteiger partial charge on any atom is 0.264 e. The number of rotatable bonds is 11. The first-order chi connectivity index (χ1) is 18.8. The van der Waals surface area contributed by atoms with E-state index >= 15 is 0 Å². The number of methoxy groups -OCH3 is 1. The quantitative estimate of drug-likeness (QED) is 0.367. The summed E-state index contributed by atoms with van der Waals surface area (Å²) in [6.45, 7) is 8.94. The van der Waals surface area contributed by atoms with E-state index in [1.54, 1.807) is 43.3 Å². The third-order valence-corrected chi connectivity index (χ3v) is 8.19. The van der Waals surface area contributed by atoms with Crippen molar-refractivity contribution in [1.29, 1.82) is 0 Å². The minimum Gasteiger partial charge on any atom is -0.497 e. The molecule has 214 valence electrons. The molecule has 3 rings (SSSR count). The van der Waals surface area contributed by atoms with Gasteiger partial charge in [0.25, 0.3) is 10.0 Å². The number of benzene rings is 3. The van der Waals surface area contributed by atoms with E-state index in [9.17, 15) is 18.0 Å². The fraction of sp³-hybridized carbons (Fsp3) is 0.355. The standard InChI is InChI=1S/C31H39N3O5S/c1-23-12-14-26(15-13-23)34(40(37,38)28-18-16-27(39-6)17-19-28)22-29(35)33(21-20-25-10-8-7-9-11-25)24(2)30(36)32-31(3,4)5/h7-19,24H,20-22H2,1-6H3,(H,32,36)/t24-/m1/s1. The average Bonchev–Trinajstić information content (AvgIpc) is 2.92. The van der Waals surface area contributed by atoms with Crippen LogP contribution in [-0.4, -0.2) is 56.9 Å². The zero-order valence-corrected chi connectivity index (χ0v) is 24.9. The summed E-state index contributed by atoms with van der Waals surface area (Å²) in [5.41, 5.74) is 1.81. The van der Waals surface area contributed by atoms with Gasteiger partial charge in [-0.3, -0.25) is 13.9 Å². The molecule has 3 aromatic carbocycles. The molecule has 0 fully saturated rings. The first kappa shape index (κ1) is 30.7. The second kappa shape index (κ2) is 13.0. The predicted molar refractivity (Wildman–Crippen MR) is 158 cm³/mol. The lowest BCUT2D eigenvalue weighted by Crippen LogP contribution is -2.55. The van der Waals surface area contributed by atoms with Crippen molar-refractivity contribution >= 4 is 27.5 Å². The van der Waals surface area contributed by atoms with Gasteiger partial charge < -0.3 is 15.0 Å². The number of hydrogen-bond acceptors (Lipinski definition) is 5. The lowest BCUT2D eigenvalue weighted by molar-refractivity contribution is -0.139. The van der Waals surface area contributed by atoms with Crippen molar-refractivity contribution in [3.05, 3.63) is 90.0 Å². The second-order valence-corrected chi connectivity index (χ2v) is 12.6. The minimum atomic E-state index is -4.13. The van der Waals surface area contributed by atoms with Crippen molar-refractivity contribution in [3.63, 3.8) is 0 Å². The molecular weight excluding hydrogens is 526 g/mol. The van der Waals surface area contributed by atoms with Crippen LogP contribution in [0.5, 0.6) is 5.75 Å². The van der Waals surface area contributed by atoms with Crippen molar-refractivity contribution in [3.8, 4) is 5.75 Å². The molecular formula is C31H39N3O5S. The lowest BCUT2D eigenvalue weighted by atomic mass is 10.1. The Morgan fingerprint density at radius 3 is 2.08 bits per heavy atom. The second-order valence-electron chi connectivity index (χ2n) is 10.8. The van der Waals surface area contributed by atoms with Gasteiger partial charge in [-0.1, -0.05) is 48.0 Å². The minimum absolute atomic E-state index is 0.0241. The van der Waals surface area contributed by atoms with Gasteiger partial charge in [-0.05, 0) is 83.0 Å². The van der Waals surface area contributed by atoms with Gasteiger partial charge in [0.1, 0.15) is 18.3 Å². The number of nitrogens with one attached hydrogen (secondary N) is 1. The fourth-order valence-corrected chi connectivity index (χ4v) is 5.57. The van der Waals surface area contributed by atoms with Crippen LogP contribution >= 0.6 is 0 Å². The summed E-state index contributed by atoms with van der Waals surface area (Å²) in [5, 5.41) is 2.93. The van der Waals surface area contributed by atoms with Crippen molar-refractivity contribution < 1.29 is 22.7 Å². The summed E-state index contributed by atoms with van der Waals surface area (Å²) >= 11 is 0. The van der Waals surface area contributed by atoms with Gasteiger partial charge in [-0.2, -0.15) is 0 Å². The lowest BCUT2D eigenvalue weighted by Gasteiger charge is -2.33. The van der Waals surface area contributed by atoms with Crippen molar-refractivity contribution in [2.45, 2.75) is 57.5 Å². The van der Waals surface area contributed by atoms with Crippen LogP contribution in [0.15, 0.2) is 83.8 Å². The molecule has 1 atom stereocenters. The van der Waals surface area contributed by atoms with E-state index in [2.05, 4.69) is 5.32 Å². The number of nitrogens with zero attached hydrogens (tertiary/aromatic N) is 2. The van der Waals surface area contributed by atoms with E-state index in [1.807, 2.05) is 58.0 Å². The molecule has 1 N–H and O–H groups in total. The van der Waals surface area contributed by atoms with Crippen molar-refractivity contribution in [2.24, 2.45) is 0 Å². The monoisotopic (exact) mass is 565 g/mol. The Bertz CT molecular complexity index is 1380. The Kier molecular flexibility index (Phi) is 9.98. The highest BCUT2D eigenvalue weighted by molar-refractivity contribution is 7.92. The van der Waals surface area contributed by atoms with Crippen molar-refractivity contribution in [1.82, 2.24) is 10.2 Å². The molecule has 0 unspecified atom stereocenters. The Labute approximate surface area is 238 Å². The number of carbonyl (C=O) groups is 2. The van der Waals surface area contributed by atoms with Gasteiger partial charge in [0.2, 0.25) is 11.8 Å². The maximum absolute atomic E-state index is 13.9. The summed E-state index contributed by atoms with van der Waals surface area (Å²) in [5.74, 6) is -0.276.